The Morgan fingerprint density at radius 2 is 2.09 bits per heavy atom. The molecule has 6 rings (SSSR count). The zero-order valence-corrected chi connectivity index (χ0v) is 20.2. The minimum Gasteiger partial charge on any atom is -0.454 e. The van der Waals surface area contributed by atoms with Gasteiger partial charge in [-0.05, 0) is 49.1 Å². The van der Waals surface area contributed by atoms with Crippen LogP contribution in [0, 0.1) is 5.82 Å². The van der Waals surface area contributed by atoms with E-state index < -0.39 is 23.4 Å². The van der Waals surface area contributed by atoms with E-state index in [-0.39, 0.29) is 12.7 Å². The lowest BCUT2D eigenvalue weighted by molar-refractivity contribution is -0.118. The summed E-state index contributed by atoms with van der Waals surface area (Å²) in [7, 11) is 0. The molecule has 0 spiro atoms. The molecule has 1 aliphatic carbocycles. The molecule has 2 fully saturated rings. The van der Waals surface area contributed by atoms with Crippen molar-refractivity contribution in [3.8, 4) is 11.5 Å². The Labute approximate surface area is 210 Å². The molecule has 2 aromatic carbocycles. The van der Waals surface area contributed by atoms with Gasteiger partial charge in [-0.1, -0.05) is 35.1 Å². The number of likely N-dealkylation sites (tertiary alicyclic amines) is 1. The summed E-state index contributed by atoms with van der Waals surface area (Å²) in [4.78, 5) is 20.6. The second-order valence-electron chi connectivity index (χ2n) is 9.18. The van der Waals surface area contributed by atoms with Crippen molar-refractivity contribution in [1.29, 1.82) is 0 Å². The van der Waals surface area contributed by atoms with Crippen LogP contribution >= 0.6 is 22.9 Å². The molecule has 3 aromatic rings. The number of thiazole rings is 1. The van der Waals surface area contributed by atoms with Crippen molar-refractivity contribution in [1.82, 2.24) is 9.88 Å². The molecule has 7 nitrogen and oxygen atoms in total. The molecule has 182 valence electrons. The Morgan fingerprint density at radius 3 is 2.83 bits per heavy atom. The van der Waals surface area contributed by atoms with Crippen LogP contribution in [-0.2, 0) is 10.2 Å². The SMILES string of the molecule is O=C(Nc1ncc([C@H](c2ccc(Cl)cc2F)N2CC[C@@H](O)C2)s1)C1(c2ccc3c(c2)OCO3)CC1. The van der Waals surface area contributed by atoms with Crippen LogP contribution in [0.1, 0.15) is 41.3 Å². The zero-order chi connectivity index (χ0) is 24.2. The zero-order valence-electron chi connectivity index (χ0n) is 18.7. The van der Waals surface area contributed by atoms with E-state index in [4.69, 9.17) is 21.1 Å². The van der Waals surface area contributed by atoms with Crippen molar-refractivity contribution >= 4 is 34.0 Å². The summed E-state index contributed by atoms with van der Waals surface area (Å²) in [6.45, 7) is 1.24. The van der Waals surface area contributed by atoms with Gasteiger partial charge in [0.2, 0.25) is 12.7 Å². The lowest BCUT2D eigenvalue weighted by atomic mass is 9.94. The van der Waals surface area contributed by atoms with Crippen LogP contribution in [0.4, 0.5) is 9.52 Å². The number of nitrogens with zero attached hydrogens (tertiary/aromatic N) is 2. The number of hydrogen-bond donors (Lipinski definition) is 2. The van der Waals surface area contributed by atoms with E-state index in [1.807, 2.05) is 23.1 Å². The highest BCUT2D eigenvalue weighted by Gasteiger charge is 2.52. The van der Waals surface area contributed by atoms with Crippen molar-refractivity contribution < 1.29 is 23.8 Å². The molecule has 0 radical (unpaired) electrons. The first-order chi connectivity index (χ1) is 16.9. The van der Waals surface area contributed by atoms with Gasteiger partial charge in [0, 0.05) is 34.7 Å². The Balaban J connectivity index is 1.25. The van der Waals surface area contributed by atoms with E-state index in [1.165, 1.54) is 17.4 Å². The number of amides is 1. The average molecular weight is 516 g/mol. The van der Waals surface area contributed by atoms with E-state index in [9.17, 15) is 14.3 Å². The van der Waals surface area contributed by atoms with Crippen LogP contribution in [0.2, 0.25) is 5.02 Å². The van der Waals surface area contributed by atoms with Gasteiger partial charge in [0.15, 0.2) is 16.6 Å². The summed E-state index contributed by atoms with van der Waals surface area (Å²) in [5.41, 5.74) is 0.736. The number of anilines is 1. The van der Waals surface area contributed by atoms with Crippen LogP contribution in [0.25, 0.3) is 0 Å². The third-order valence-corrected chi connectivity index (χ3v) is 8.14. The molecule has 2 aliphatic heterocycles. The molecule has 1 aromatic heterocycles. The number of carbonyl (C=O) groups is 1. The lowest BCUT2D eigenvalue weighted by Crippen LogP contribution is -2.28. The number of hydrogen-bond acceptors (Lipinski definition) is 7. The number of aliphatic hydroxyl groups excluding tert-OH is 1. The van der Waals surface area contributed by atoms with E-state index in [1.54, 1.807) is 18.3 Å². The maximum atomic E-state index is 14.9. The first-order valence-electron chi connectivity index (χ1n) is 11.5. The molecule has 1 amide bonds. The molecule has 3 heterocycles. The number of nitrogens with one attached hydrogen (secondary N) is 1. The quantitative estimate of drug-likeness (QED) is 0.503. The number of halogens is 2. The number of fused-ring (bicyclic) bond motifs is 1. The fraction of sp³-hybridized carbons (Fsp3) is 0.360. The molecule has 2 atom stereocenters. The molecule has 1 saturated carbocycles. The number of aromatic nitrogens is 1. The Kier molecular flexibility index (Phi) is 5.68. The standard InChI is InChI=1S/C25H23ClFN3O4S/c26-15-2-3-17(18(27)10-15)22(30-8-5-16(31)12-30)21-11-28-24(35-21)29-23(32)25(6-7-25)14-1-4-19-20(9-14)34-13-33-19/h1-4,9-11,16,22,31H,5-8,12-13H2,(H,28,29,32)/t16-,22+/m1/s1. The molecule has 10 heteroatoms. The summed E-state index contributed by atoms with van der Waals surface area (Å²) in [5, 5.41) is 13.9. The van der Waals surface area contributed by atoms with Gasteiger partial charge in [-0.15, -0.1) is 0 Å². The van der Waals surface area contributed by atoms with E-state index >= 15 is 0 Å². The third kappa shape index (κ3) is 4.16. The van der Waals surface area contributed by atoms with Crippen molar-refractivity contribution in [3.05, 3.63) is 69.4 Å². The van der Waals surface area contributed by atoms with Crippen LogP contribution in [0.5, 0.6) is 11.5 Å². The molecule has 35 heavy (non-hydrogen) atoms. The second-order valence-corrected chi connectivity index (χ2v) is 10.7. The van der Waals surface area contributed by atoms with Crippen LogP contribution in [0.3, 0.4) is 0 Å². The molecular formula is C25H23ClFN3O4S. The smallest absolute Gasteiger partial charge is 0.236 e. The number of carbonyl (C=O) groups excluding carboxylic acids is 1. The molecule has 2 N–H and O–H groups in total. The normalized spacial score (nSPS) is 21.2. The Morgan fingerprint density at radius 1 is 1.26 bits per heavy atom. The third-order valence-electron chi connectivity index (χ3n) is 6.94. The number of ether oxygens (including phenoxy) is 2. The molecule has 1 saturated heterocycles. The first-order valence-corrected chi connectivity index (χ1v) is 12.7. The number of rotatable bonds is 6. The average Bonchev–Trinajstić information content (AvgIpc) is 3.12. The van der Waals surface area contributed by atoms with Gasteiger partial charge in [0.25, 0.3) is 0 Å². The van der Waals surface area contributed by atoms with Gasteiger partial charge >= 0.3 is 0 Å². The first kappa shape index (κ1) is 22.7. The van der Waals surface area contributed by atoms with Crippen LogP contribution < -0.4 is 14.8 Å². The predicted molar refractivity (Wildman–Crippen MR) is 130 cm³/mol. The number of aliphatic hydroxyl groups is 1. The topological polar surface area (TPSA) is 83.9 Å². The largest absolute Gasteiger partial charge is 0.454 e. The van der Waals surface area contributed by atoms with E-state index in [0.717, 1.165) is 23.3 Å². The predicted octanol–water partition coefficient (Wildman–Crippen LogP) is 4.49. The maximum absolute atomic E-state index is 14.9. The summed E-state index contributed by atoms with van der Waals surface area (Å²) >= 11 is 7.29. The monoisotopic (exact) mass is 515 g/mol. The highest BCUT2D eigenvalue weighted by atomic mass is 35.5. The molecule has 0 bridgehead atoms. The lowest BCUT2D eigenvalue weighted by Gasteiger charge is -2.27. The highest BCUT2D eigenvalue weighted by Crippen LogP contribution is 2.51. The van der Waals surface area contributed by atoms with E-state index in [2.05, 4.69) is 10.3 Å². The van der Waals surface area contributed by atoms with Crippen molar-refractivity contribution in [3.63, 3.8) is 0 Å². The minimum absolute atomic E-state index is 0.122. The molecular weight excluding hydrogens is 493 g/mol. The molecule has 0 unspecified atom stereocenters. The maximum Gasteiger partial charge on any atom is 0.236 e. The van der Waals surface area contributed by atoms with Crippen molar-refractivity contribution in [2.24, 2.45) is 0 Å². The number of benzene rings is 2. The van der Waals surface area contributed by atoms with Gasteiger partial charge in [-0.2, -0.15) is 0 Å². The van der Waals surface area contributed by atoms with Crippen LogP contribution in [-0.4, -0.2) is 46.9 Å². The van der Waals surface area contributed by atoms with Crippen molar-refractivity contribution in [2.45, 2.75) is 36.8 Å². The fourth-order valence-electron chi connectivity index (χ4n) is 4.91. The van der Waals surface area contributed by atoms with Crippen molar-refractivity contribution in [2.75, 3.05) is 25.2 Å². The Hall–Kier alpha value is -2.72. The second kappa shape index (κ2) is 8.74. The van der Waals surface area contributed by atoms with Gasteiger partial charge in [0.05, 0.1) is 17.6 Å². The Bertz CT molecular complexity index is 1300. The summed E-state index contributed by atoms with van der Waals surface area (Å²) in [5.74, 6) is 0.798. The highest BCUT2D eigenvalue weighted by molar-refractivity contribution is 7.15. The summed E-state index contributed by atoms with van der Waals surface area (Å²) in [6.07, 6.45) is 3.30. The fourth-order valence-corrected chi connectivity index (χ4v) is 6.03. The summed E-state index contributed by atoms with van der Waals surface area (Å²) < 4.78 is 25.8. The summed E-state index contributed by atoms with van der Waals surface area (Å²) in [6, 6.07) is 9.81. The van der Waals surface area contributed by atoms with Gasteiger partial charge < -0.3 is 19.9 Å². The number of β-amino-alcohol motifs (C(OH)–C–C–N with tert-alkyl or cyclic N) is 1. The van der Waals surface area contributed by atoms with Gasteiger partial charge in [-0.25, -0.2) is 9.37 Å². The minimum atomic E-state index is -0.617. The van der Waals surface area contributed by atoms with Gasteiger partial charge in [-0.3, -0.25) is 9.69 Å². The van der Waals surface area contributed by atoms with Crippen LogP contribution in [0.15, 0.2) is 42.6 Å². The van der Waals surface area contributed by atoms with Gasteiger partial charge in [0.1, 0.15) is 5.82 Å². The molecule has 3 aliphatic rings. The van der Waals surface area contributed by atoms with E-state index in [0.29, 0.717) is 46.7 Å².